The van der Waals surface area contributed by atoms with Crippen LogP contribution >= 0.6 is 0 Å². The predicted octanol–water partition coefficient (Wildman–Crippen LogP) is 4.97. The van der Waals surface area contributed by atoms with Crippen molar-refractivity contribution in [3.8, 4) is 0 Å². The lowest BCUT2D eigenvalue weighted by molar-refractivity contribution is 0.0884. The van der Waals surface area contributed by atoms with Gasteiger partial charge >= 0.3 is 0 Å². The van der Waals surface area contributed by atoms with E-state index in [2.05, 4.69) is 101 Å². The van der Waals surface area contributed by atoms with Gasteiger partial charge in [-0.3, -0.25) is 9.80 Å². The van der Waals surface area contributed by atoms with E-state index in [1.807, 2.05) is 0 Å². The predicted molar refractivity (Wildman–Crippen MR) is 150 cm³/mol. The summed E-state index contributed by atoms with van der Waals surface area (Å²) >= 11 is 0. The fraction of sp³-hybridized carbons (Fsp3) is 1.00. The van der Waals surface area contributed by atoms with Gasteiger partial charge in [0.25, 0.3) is 0 Å². The van der Waals surface area contributed by atoms with Gasteiger partial charge in [-0.2, -0.15) is 0 Å². The Labute approximate surface area is 209 Å². The lowest BCUT2D eigenvalue weighted by Gasteiger charge is -2.40. The third kappa shape index (κ3) is 13.5. The van der Waals surface area contributed by atoms with Crippen LogP contribution in [0, 0.1) is 0 Å². The second-order valence-corrected chi connectivity index (χ2v) is 11.1. The van der Waals surface area contributed by atoms with Crippen LogP contribution < -0.4 is 0 Å². The van der Waals surface area contributed by atoms with E-state index in [4.69, 9.17) is 0 Å². The molecule has 200 valence electrons. The molecule has 0 aliphatic heterocycles. The molecule has 0 aliphatic carbocycles. The molecule has 5 nitrogen and oxygen atoms in total. The van der Waals surface area contributed by atoms with Crippen molar-refractivity contribution in [1.82, 2.24) is 24.5 Å². The van der Waals surface area contributed by atoms with Gasteiger partial charge in [0.15, 0.2) is 0 Å². The number of nitrogens with zero attached hydrogens (tertiary/aromatic N) is 5. The molecule has 0 aromatic carbocycles. The van der Waals surface area contributed by atoms with E-state index < -0.39 is 0 Å². The van der Waals surface area contributed by atoms with Crippen LogP contribution in [0.5, 0.6) is 0 Å². The Morgan fingerprint density at radius 3 is 1.18 bits per heavy atom. The molecule has 0 saturated heterocycles. The number of rotatable bonds is 20. The molecule has 0 aromatic heterocycles. The molecule has 0 bridgehead atoms. The second kappa shape index (κ2) is 17.3. The average Bonchev–Trinajstić information content (AvgIpc) is 2.76. The summed E-state index contributed by atoms with van der Waals surface area (Å²) in [6.45, 7) is 40.9. The fourth-order valence-corrected chi connectivity index (χ4v) is 4.86. The maximum Gasteiger partial charge on any atom is 0.0154 e. The summed E-state index contributed by atoms with van der Waals surface area (Å²) in [6.07, 6.45) is 2.54. The first kappa shape index (κ1) is 32.8. The Morgan fingerprint density at radius 1 is 0.424 bits per heavy atom. The van der Waals surface area contributed by atoms with Crippen molar-refractivity contribution < 1.29 is 0 Å². The summed E-state index contributed by atoms with van der Waals surface area (Å²) in [6, 6.07) is 0. The van der Waals surface area contributed by atoms with Crippen LogP contribution in [0.25, 0.3) is 0 Å². The molecular formula is C28H63N5. The highest BCUT2D eigenvalue weighted by Gasteiger charge is 2.26. The highest BCUT2D eigenvalue weighted by Crippen LogP contribution is 2.21. The second-order valence-electron chi connectivity index (χ2n) is 11.1. The smallest absolute Gasteiger partial charge is 0.0154 e. The molecule has 0 fully saturated rings. The van der Waals surface area contributed by atoms with Gasteiger partial charge in [0.05, 0.1) is 0 Å². The topological polar surface area (TPSA) is 16.2 Å². The lowest BCUT2D eigenvalue weighted by atomic mass is 9.95. The molecule has 0 rings (SSSR count). The number of likely N-dealkylation sites (N-methyl/N-ethyl adjacent to an activating group) is 4. The molecule has 0 radical (unpaired) electrons. The lowest BCUT2D eigenvalue weighted by Crippen LogP contribution is -2.49. The third-order valence-corrected chi connectivity index (χ3v) is 7.74. The summed E-state index contributed by atoms with van der Waals surface area (Å²) in [7, 11) is 0. The highest BCUT2D eigenvalue weighted by molar-refractivity contribution is 4.83. The van der Waals surface area contributed by atoms with Crippen LogP contribution in [-0.4, -0.2) is 121 Å². The van der Waals surface area contributed by atoms with E-state index in [0.29, 0.717) is 0 Å². The van der Waals surface area contributed by atoms with Gasteiger partial charge in [-0.1, -0.05) is 41.5 Å². The maximum absolute atomic E-state index is 2.69. The van der Waals surface area contributed by atoms with Gasteiger partial charge in [-0.15, -0.1) is 0 Å². The molecule has 0 amide bonds. The van der Waals surface area contributed by atoms with Gasteiger partial charge < -0.3 is 14.7 Å². The van der Waals surface area contributed by atoms with Crippen molar-refractivity contribution >= 4 is 0 Å². The maximum atomic E-state index is 2.69. The van der Waals surface area contributed by atoms with E-state index in [1.54, 1.807) is 0 Å². The molecule has 33 heavy (non-hydrogen) atoms. The summed E-state index contributed by atoms with van der Waals surface area (Å²) in [4.78, 5) is 13.1. The fourth-order valence-electron chi connectivity index (χ4n) is 4.86. The van der Waals surface area contributed by atoms with Crippen molar-refractivity contribution in [3.05, 3.63) is 0 Å². The van der Waals surface area contributed by atoms with E-state index in [-0.39, 0.29) is 11.1 Å². The Hall–Kier alpha value is -0.200. The normalized spacial score (nSPS) is 13.5. The first-order valence-corrected chi connectivity index (χ1v) is 14.2. The SMILES string of the molecule is CCN(CC)CCN(CCN(CC)CCCC(C)(C)N(CC)CCN(CC)CC)C(C)(C)C. The number of hydrogen-bond acceptors (Lipinski definition) is 5. The van der Waals surface area contributed by atoms with Crippen molar-refractivity contribution in [2.24, 2.45) is 0 Å². The van der Waals surface area contributed by atoms with E-state index in [9.17, 15) is 0 Å². The van der Waals surface area contributed by atoms with Crippen LogP contribution in [0.2, 0.25) is 0 Å². The number of hydrogen-bond donors (Lipinski definition) is 0. The molecule has 0 N–H and O–H groups in total. The Morgan fingerprint density at radius 2 is 0.818 bits per heavy atom. The summed E-state index contributed by atoms with van der Waals surface area (Å²) in [5.74, 6) is 0. The molecule has 0 saturated carbocycles. The third-order valence-electron chi connectivity index (χ3n) is 7.74. The molecule has 0 spiro atoms. The zero-order valence-electron chi connectivity index (χ0n) is 24.8. The Bertz CT molecular complexity index is 452. The first-order valence-electron chi connectivity index (χ1n) is 14.2. The Balaban J connectivity index is 4.68. The van der Waals surface area contributed by atoms with Gasteiger partial charge in [0.1, 0.15) is 0 Å². The van der Waals surface area contributed by atoms with Crippen molar-refractivity contribution in [2.75, 3.05) is 85.1 Å². The minimum Gasteiger partial charge on any atom is -0.303 e. The molecule has 0 aliphatic rings. The largest absolute Gasteiger partial charge is 0.303 e. The summed E-state index contributed by atoms with van der Waals surface area (Å²) in [5.41, 5.74) is 0.490. The average molecular weight is 470 g/mol. The van der Waals surface area contributed by atoms with Crippen molar-refractivity contribution in [1.29, 1.82) is 0 Å². The quantitative estimate of drug-likeness (QED) is 0.249. The first-order chi connectivity index (χ1) is 15.5. The van der Waals surface area contributed by atoms with E-state index in [0.717, 1.165) is 52.4 Å². The van der Waals surface area contributed by atoms with Gasteiger partial charge in [-0.05, 0) is 93.3 Å². The molecule has 0 atom stereocenters. The summed E-state index contributed by atoms with van der Waals surface area (Å²) in [5, 5.41) is 0. The standard InChI is InChI=1S/C28H63N5/c1-12-29(13-2)21-24-32(17-6)28(10,11)19-18-20-31(16-5)23-26-33(27(7,8)9)25-22-30(14-3)15-4/h12-26H2,1-11H3. The van der Waals surface area contributed by atoms with Crippen LogP contribution in [0.4, 0.5) is 0 Å². The highest BCUT2D eigenvalue weighted by atomic mass is 15.3. The minimum absolute atomic E-state index is 0.223. The van der Waals surface area contributed by atoms with Gasteiger partial charge in [-0.25, -0.2) is 0 Å². The molecular weight excluding hydrogens is 406 g/mol. The molecule has 0 heterocycles. The zero-order valence-corrected chi connectivity index (χ0v) is 24.8. The van der Waals surface area contributed by atoms with Crippen LogP contribution in [0.3, 0.4) is 0 Å². The molecule has 5 heteroatoms. The minimum atomic E-state index is 0.223. The molecule has 0 unspecified atom stereocenters. The zero-order chi connectivity index (χ0) is 25.5. The van der Waals surface area contributed by atoms with Crippen LogP contribution in [0.1, 0.15) is 89.0 Å². The Kier molecular flexibility index (Phi) is 17.2. The van der Waals surface area contributed by atoms with E-state index >= 15 is 0 Å². The van der Waals surface area contributed by atoms with Crippen LogP contribution in [0.15, 0.2) is 0 Å². The van der Waals surface area contributed by atoms with Crippen LogP contribution in [-0.2, 0) is 0 Å². The molecule has 0 aromatic rings. The van der Waals surface area contributed by atoms with E-state index in [1.165, 1.54) is 45.6 Å². The monoisotopic (exact) mass is 470 g/mol. The van der Waals surface area contributed by atoms with Crippen molar-refractivity contribution in [2.45, 2.75) is 100 Å². The summed E-state index contributed by atoms with van der Waals surface area (Å²) < 4.78 is 0. The van der Waals surface area contributed by atoms with Gasteiger partial charge in [0, 0.05) is 50.3 Å². The van der Waals surface area contributed by atoms with Gasteiger partial charge in [0.2, 0.25) is 0 Å². The van der Waals surface area contributed by atoms with Crippen molar-refractivity contribution in [3.63, 3.8) is 0 Å².